The van der Waals surface area contributed by atoms with E-state index in [1.165, 1.54) is 25.8 Å². The lowest BCUT2D eigenvalue weighted by atomic mass is 9.78. The summed E-state index contributed by atoms with van der Waals surface area (Å²) < 4.78 is 5.36. The quantitative estimate of drug-likeness (QED) is 0.786. The van der Waals surface area contributed by atoms with Gasteiger partial charge in [-0.25, -0.2) is 0 Å². The fourth-order valence-corrected chi connectivity index (χ4v) is 4.05. The van der Waals surface area contributed by atoms with Crippen molar-refractivity contribution in [3.8, 4) is 0 Å². The van der Waals surface area contributed by atoms with E-state index in [0.717, 1.165) is 25.8 Å². The van der Waals surface area contributed by atoms with Crippen LogP contribution in [0.3, 0.4) is 0 Å². The number of likely N-dealkylation sites (tertiary alicyclic amines) is 1. The molecule has 20 heavy (non-hydrogen) atoms. The van der Waals surface area contributed by atoms with Crippen LogP contribution in [0.25, 0.3) is 0 Å². The lowest BCUT2D eigenvalue weighted by Crippen LogP contribution is -2.59. The molecule has 0 amide bonds. The van der Waals surface area contributed by atoms with Gasteiger partial charge in [-0.1, -0.05) is 6.92 Å². The van der Waals surface area contributed by atoms with E-state index in [9.17, 15) is 4.79 Å². The highest BCUT2D eigenvalue weighted by molar-refractivity contribution is 5.81. The second kappa shape index (κ2) is 6.90. The van der Waals surface area contributed by atoms with Crippen LogP contribution in [0.4, 0.5) is 0 Å². The number of esters is 1. The third kappa shape index (κ3) is 3.17. The molecule has 0 radical (unpaired) electrons. The molecule has 0 spiro atoms. The molecule has 2 aliphatic rings. The molecule has 1 saturated carbocycles. The number of rotatable bonds is 5. The summed E-state index contributed by atoms with van der Waals surface area (Å²) in [5, 5.41) is 3.45. The summed E-state index contributed by atoms with van der Waals surface area (Å²) in [7, 11) is 0. The number of carbonyl (C=O) groups excluding carboxylic acids is 1. The van der Waals surface area contributed by atoms with Crippen LogP contribution in [0.1, 0.15) is 59.3 Å². The molecular formula is C16H30N2O2. The van der Waals surface area contributed by atoms with Gasteiger partial charge in [0.2, 0.25) is 0 Å². The monoisotopic (exact) mass is 282 g/mol. The standard InChI is InChI=1S/C16H30N2O2/c1-4-17-16(15(19)20-5-2)10-6-9-14(12-16)18-11-7-8-13(18)3/h13-14,17H,4-12H2,1-3H3. The molecule has 1 aliphatic carbocycles. The van der Waals surface area contributed by atoms with Crippen molar-refractivity contribution in [1.82, 2.24) is 10.2 Å². The fraction of sp³-hybridized carbons (Fsp3) is 0.938. The van der Waals surface area contributed by atoms with Gasteiger partial charge in [0.05, 0.1) is 6.61 Å². The van der Waals surface area contributed by atoms with Crippen LogP contribution in [0.2, 0.25) is 0 Å². The Morgan fingerprint density at radius 2 is 2.15 bits per heavy atom. The van der Waals surface area contributed by atoms with E-state index in [-0.39, 0.29) is 5.97 Å². The van der Waals surface area contributed by atoms with Gasteiger partial charge >= 0.3 is 5.97 Å². The molecule has 1 N–H and O–H groups in total. The molecule has 4 heteroatoms. The summed E-state index contributed by atoms with van der Waals surface area (Å²) in [6.07, 6.45) is 6.74. The van der Waals surface area contributed by atoms with Crippen molar-refractivity contribution in [2.75, 3.05) is 19.7 Å². The minimum Gasteiger partial charge on any atom is -0.465 e. The molecule has 1 heterocycles. The zero-order valence-corrected chi connectivity index (χ0v) is 13.3. The molecular weight excluding hydrogens is 252 g/mol. The minimum absolute atomic E-state index is 0.0431. The van der Waals surface area contributed by atoms with Crippen molar-refractivity contribution in [3.63, 3.8) is 0 Å². The Balaban J connectivity index is 2.09. The van der Waals surface area contributed by atoms with Crippen molar-refractivity contribution >= 4 is 5.97 Å². The Morgan fingerprint density at radius 1 is 1.35 bits per heavy atom. The number of likely N-dealkylation sites (N-methyl/N-ethyl adjacent to an activating group) is 1. The molecule has 1 aliphatic heterocycles. The summed E-state index contributed by atoms with van der Waals surface area (Å²) in [6, 6.07) is 1.20. The minimum atomic E-state index is -0.448. The maximum atomic E-state index is 12.4. The van der Waals surface area contributed by atoms with Gasteiger partial charge in [0.1, 0.15) is 5.54 Å². The Bertz CT molecular complexity index is 330. The van der Waals surface area contributed by atoms with Crippen molar-refractivity contribution in [2.45, 2.75) is 76.9 Å². The SMILES string of the molecule is CCNC1(C(=O)OCC)CCCC(N2CCCC2C)C1. The number of hydrogen-bond donors (Lipinski definition) is 1. The predicted octanol–water partition coefficient (Wildman–Crippen LogP) is 2.32. The molecule has 0 aromatic carbocycles. The van der Waals surface area contributed by atoms with Crippen LogP contribution in [-0.4, -0.2) is 48.2 Å². The Kier molecular flexibility index (Phi) is 5.44. The third-order valence-electron chi connectivity index (χ3n) is 4.98. The summed E-state index contributed by atoms with van der Waals surface area (Å²) in [5.41, 5.74) is -0.448. The lowest BCUT2D eigenvalue weighted by molar-refractivity contribution is -0.154. The largest absolute Gasteiger partial charge is 0.465 e. The van der Waals surface area contributed by atoms with Crippen LogP contribution < -0.4 is 5.32 Å². The van der Waals surface area contributed by atoms with Crippen molar-refractivity contribution in [3.05, 3.63) is 0 Å². The lowest BCUT2D eigenvalue weighted by Gasteiger charge is -2.43. The summed E-state index contributed by atoms with van der Waals surface area (Å²) in [5.74, 6) is -0.0431. The van der Waals surface area contributed by atoms with Crippen molar-refractivity contribution in [1.29, 1.82) is 0 Å². The topological polar surface area (TPSA) is 41.6 Å². The third-order valence-corrected chi connectivity index (χ3v) is 4.98. The van der Waals surface area contributed by atoms with E-state index in [2.05, 4.69) is 24.1 Å². The highest BCUT2D eigenvalue weighted by Crippen LogP contribution is 2.35. The normalized spacial score (nSPS) is 35.1. The van der Waals surface area contributed by atoms with E-state index in [1.54, 1.807) is 0 Å². The van der Waals surface area contributed by atoms with Crippen LogP contribution in [-0.2, 0) is 9.53 Å². The smallest absolute Gasteiger partial charge is 0.326 e. The summed E-state index contributed by atoms with van der Waals surface area (Å²) in [4.78, 5) is 15.1. The van der Waals surface area contributed by atoms with Gasteiger partial charge in [0.15, 0.2) is 0 Å². The molecule has 2 rings (SSSR count). The first-order valence-corrected chi connectivity index (χ1v) is 8.31. The number of nitrogens with zero attached hydrogens (tertiary/aromatic N) is 1. The van der Waals surface area contributed by atoms with Crippen LogP contribution in [0, 0.1) is 0 Å². The molecule has 3 atom stereocenters. The first kappa shape index (κ1) is 15.8. The van der Waals surface area contributed by atoms with Crippen LogP contribution in [0.5, 0.6) is 0 Å². The number of nitrogens with one attached hydrogen (secondary N) is 1. The maximum Gasteiger partial charge on any atom is 0.326 e. The Labute approximate surface area is 123 Å². The van der Waals surface area contributed by atoms with Crippen molar-refractivity contribution < 1.29 is 9.53 Å². The molecule has 0 aromatic rings. The van der Waals surface area contributed by atoms with E-state index in [4.69, 9.17) is 4.74 Å². The molecule has 4 nitrogen and oxygen atoms in total. The van der Waals surface area contributed by atoms with E-state index >= 15 is 0 Å². The zero-order valence-electron chi connectivity index (χ0n) is 13.3. The van der Waals surface area contributed by atoms with Crippen LogP contribution >= 0.6 is 0 Å². The average molecular weight is 282 g/mol. The molecule has 3 unspecified atom stereocenters. The summed E-state index contributed by atoms with van der Waals surface area (Å²) >= 11 is 0. The first-order valence-electron chi connectivity index (χ1n) is 8.31. The first-order chi connectivity index (χ1) is 9.63. The van der Waals surface area contributed by atoms with Crippen LogP contribution in [0.15, 0.2) is 0 Å². The van der Waals surface area contributed by atoms with Gasteiger partial charge in [-0.05, 0) is 65.5 Å². The highest BCUT2D eigenvalue weighted by Gasteiger charge is 2.45. The number of carbonyl (C=O) groups is 1. The second-order valence-electron chi connectivity index (χ2n) is 6.31. The highest BCUT2D eigenvalue weighted by atomic mass is 16.5. The number of hydrogen-bond acceptors (Lipinski definition) is 4. The molecule has 0 bridgehead atoms. The van der Waals surface area contributed by atoms with Gasteiger partial charge < -0.3 is 10.1 Å². The Morgan fingerprint density at radius 3 is 2.75 bits per heavy atom. The van der Waals surface area contributed by atoms with Gasteiger partial charge in [0, 0.05) is 12.1 Å². The zero-order chi connectivity index (χ0) is 14.6. The van der Waals surface area contributed by atoms with E-state index in [0.29, 0.717) is 18.7 Å². The maximum absolute atomic E-state index is 12.4. The number of ether oxygens (including phenoxy) is 1. The predicted molar refractivity (Wildman–Crippen MR) is 80.7 cm³/mol. The van der Waals surface area contributed by atoms with Gasteiger partial charge in [-0.15, -0.1) is 0 Å². The summed E-state index contributed by atoms with van der Waals surface area (Å²) in [6.45, 7) is 8.76. The van der Waals surface area contributed by atoms with Crippen molar-refractivity contribution in [2.24, 2.45) is 0 Å². The molecule has 2 fully saturated rings. The van der Waals surface area contributed by atoms with E-state index in [1.807, 2.05) is 6.92 Å². The van der Waals surface area contributed by atoms with E-state index < -0.39 is 5.54 Å². The van der Waals surface area contributed by atoms with Gasteiger partial charge in [-0.2, -0.15) is 0 Å². The molecule has 1 saturated heterocycles. The van der Waals surface area contributed by atoms with Gasteiger partial charge in [-0.3, -0.25) is 9.69 Å². The average Bonchev–Trinajstić information content (AvgIpc) is 2.86. The van der Waals surface area contributed by atoms with Gasteiger partial charge in [0.25, 0.3) is 0 Å². The molecule has 0 aromatic heterocycles. The fourth-order valence-electron chi connectivity index (χ4n) is 4.05. The molecule has 116 valence electrons. The second-order valence-corrected chi connectivity index (χ2v) is 6.31. The Hall–Kier alpha value is -0.610.